The van der Waals surface area contributed by atoms with Crippen LogP contribution in [0.1, 0.15) is 11.4 Å². The lowest BCUT2D eigenvalue weighted by Gasteiger charge is -2.18. The highest BCUT2D eigenvalue weighted by molar-refractivity contribution is 5.37. The summed E-state index contributed by atoms with van der Waals surface area (Å²) in [6.07, 6.45) is 1.67. The molecule has 0 aliphatic rings. The van der Waals surface area contributed by atoms with Gasteiger partial charge in [-0.25, -0.2) is 14.4 Å². The molecule has 18 heavy (non-hydrogen) atoms. The second-order valence-electron chi connectivity index (χ2n) is 4.02. The van der Waals surface area contributed by atoms with Gasteiger partial charge in [0.2, 0.25) is 0 Å². The van der Waals surface area contributed by atoms with Crippen molar-refractivity contribution in [3.05, 3.63) is 53.7 Å². The van der Waals surface area contributed by atoms with E-state index in [1.807, 2.05) is 18.0 Å². The van der Waals surface area contributed by atoms with E-state index in [-0.39, 0.29) is 5.82 Å². The maximum absolute atomic E-state index is 13.1. The summed E-state index contributed by atoms with van der Waals surface area (Å²) in [4.78, 5) is 10.3. The van der Waals surface area contributed by atoms with E-state index in [0.717, 1.165) is 11.4 Å². The Morgan fingerprint density at radius 3 is 2.89 bits per heavy atom. The van der Waals surface area contributed by atoms with Gasteiger partial charge in [-0.15, -0.1) is 0 Å². The van der Waals surface area contributed by atoms with Crippen LogP contribution < -0.4 is 10.6 Å². The zero-order valence-corrected chi connectivity index (χ0v) is 10.2. The highest BCUT2D eigenvalue weighted by Crippen LogP contribution is 2.13. The maximum Gasteiger partial charge on any atom is 0.144 e. The van der Waals surface area contributed by atoms with Crippen LogP contribution in [0.5, 0.6) is 0 Å². The molecule has 1 aromatic heterocycles. The van der Waals surface area contributed by atoms with Crippen LogP contribution in [0, 0.1) is 5.82 Å². The first-order chi connectivity index (χ1) is 8.69. The van der Waals surface area contributed by atoms with E-state index < -0.39 is 0 Å². The first-order valence-electron chi connectivity index (χ1n) is 5.66. The van der Waals surface area contributed by atoms with E-state index in [4.69, 9.17) is 5.73 Å². The average molecular weight is 246 g/mol. The van der Waals surface area contributed by atoms with Crippen molar-refractivity contribution in [3.63, 3.8) is 0 Å². The molecule has 0 fully saturated rings. The predicted octanol–water partition coefficient (Wildman–Crippen LogP) is 1.71. The van der Waals surface area contributed by atoms with Crippen molar-refractivity contribution >= 4 is 5.82 Å². The third kappa shape index (κ3) is 3.01. The average Bonchev–Trinajstić information content (AvgIpc) is 2.39. The Balaban J connectivity index is 2.13. The molecule has 5 heteroatoms. The monoisotopic (exact) mass is 246 g/mol. The SMILES string of the molecule is CN(Cc1cccc(F)c1)c1ccnc(CN)n1. The molecule has 1 heterocycles. The largest absolute Gasteiger partial charge is 0.355 e. The summed E-state index contributed by atoms with van der Waals surface area (Å²) < 4.78 is 13.1. The number of nitrogens with two attached hydrogens (primary N) is 1. The quantitative estimate of drug-likeness (QED) is 0.892. The molecular formula is C13H15FN4. The van der Waals surface area contributed by atoms with Crippen molar-refractivity contribution in [2.24, 2.45) is 5.73 Å². The minimum Gasteiger partial charge on any atom is -0.355 e. The highest BCUT2D eigenvalue weighted by atomic mass is 19.1. The first-order valence-corrected chi connectivity index (χ1v) is 5.66. The Kier molecular flexibility index (Phi) is 3.84. The van der Waals surface area contributed by atoms with E-state index in [9.17, 15) is 4.39 Å². The predicted molar refractivity (Wildman–Crippen MR) is 68.4 cm³/mol. The Hall–Kier alpha value is -2.01. The van der Waals surface area contributed by atoms with E-state index in [1.165, 1.54) is 12.1 Å². The molecule has 0 spiro atoms. The van der Waals surface area contributed by atoms with Crippen molar-refractivity contribution in [3.8, 4) is 0 Å². The normalized spacial score (nSPS) is 10.4. The summed E-state index contributed by atoms with van der Waals surface area (Å²) in [5.74, 6) is 1.14. The van der Waals surface area contributed by atoms with Gasteiger partial charge in [0.05, 0.1) is 6.54 Å². The van der Waals surface area contributed by atoms with Gasteiger partial charge in [-0.3, -0.25) is 0 Å². The zero-order valence-electron chi connectivity index (χ0n) is 10.2. The lowest BCUT2D eigenvalue weighted by molar-refractivity contribution is 0.625. The lowest BCUT2D eigenvalue weighted by Crippen LogP contribution is -2.19. The summed E-state index contributed by atoms with van der Waals surface area (Å²) in [5, 5.41) is 0. The molecule has 0 saturated carbocycles. The number of anilines is 1. The van der Waals surface area contributed by atoms with Crippen LogP contribution in [0.4, 0.5) is 10.2 Å². The van der Waals surface area contributed by atoms with Crippen LogP contribution in [-0.2, 0) is 13.1 Å². The Bertz CT molecular complexity index is 530. The third-order valence-corrected chi connectivity index (χ3v) is 2.57. The molecule has 4 nitrogen and oxygen atoms in total. The van der Waals surface area contributed by atoms with E-state index >= 15 is 0 Å². The molecule has 2 N–H and O–H groups in total. The van der Waals surface area contributed by atoms with Crippen molar-refractivity contribution < 1.29 is 4.39 Å². The molecule has 0 aliphatic heterocycles. The van der Waals surface area contributed by atoms with Crippen LogP contribution >= 0.6 is 0 Å². The van der Waals surface area contributed by atoms with Gasteiger partial charge in [0.15, 0.2) is 0 Å². The molecule has 0 aliphatic carbocycles. The molecule has 0 atom stereocenters. The molecule has 94 valence electrons. The summed E-state index contributed by atoms with van der Waals surface area (Å²) in [6.45, 7) is 0.889. The Morgan fingerprint density at radius 2 is 2.17 bits per heavy atom. The second kappa shape index (κ2) is 5.55. The summed E-state index contributed by atoms with van der Waals surface area (Å²) in [6, 6.07) is 8.33. The molecule has 1 aromatic carbocycles. The molecule has 0 unspecified atom stereocenters. The number of hydrogen-bond acceptors (Lipinski definition) is 4. The van der Waals surface area contributed by atoms with Gasteiger partial charge in [-0.2, -0.15) is 0 Å². The van der Waals surface area contributed by atoms with Gasteiger partial charge >= 0.3 is 0 Å². The standard InChI is InChI=1S/C13H15FN4/c1-18(9-10-3-2-4-11(14)7-10)13-5-6-16-12(8-15)17-13/h2-7H,8-9,15H2,1H3. The number of hydrogen-bond donors (Lipinski definition) is 1. The second-order valence-corrected chi connectivity index (χ2v) is 4.02. The molecule has 0 amide bonds. The molecule has 2 aromatic rings. The molecule has 2 rings (SSSR count). The number of aromatic nitrogens is 2. The minimum absolute atomic E-state index is 0.230. The molecular weight excluding hydrogens is 231 g/mol. The smallest absolute Gasteiger partial charge is 0.144 e. The van der Waals surface area contributed by atoms with Crippen LogP contribution in [0.3, 0.4) is 0 Å². The number of halogens is 1. The fourth-order valence-electron chi connectivity index (χ4n) is 1.69. The summed E-state index contributed by atoms with van der Waals surface area (Å²) in [5.41, 5.74) is 6.39. The van der Waals surface area contributed by atoms with Crippen molar-refractivity contribution in [2.45, 2.75) is 13.1 Å². The van der Waals surface area contributed by atoms with Gasteiger partial charge in [-0.05, 0) is 23.8 Å². The fourth-order valence-corrected chi connectivity index (χ4v) is 1.69. The van der Waals surface area contributed by atoms with Crippen molar-refractivity contribution in [2.75, 3.05) is 11.9 Å². The van der Waals surface area contributed by atoms with Gasteiger partial charge in [-0.1, -0.05) is 12.1 Å². The summed E-state index contributed by atoms with van der Waals surface area (Å²) >= 11 is 0. The van der Waals surface area contributed by atoms with Crippen LogP contribution in [-0.4, -0.2) is 17.0 Å². The first kappa shape index (κ1) is 12.4. The number of rotatable bonds is 4. The van der Waals surface area contributed by atoms with Gasteiger partial charge in [0.25, 0.3) is 0 Å². The van der Waals surface area contributed by atoms with E-state index in [2.05, 4.69) is 9.97 Å². The minimum atomic E-state index is -0.230. The van der Waals surface area contributed by atoms with Crippen LogP contribution in [0.25, 0.3) is 0 Å². The topological polar surface area (TPSA) is 55.0 Å². The maximum atomic E-state index is 13.1. The number of nitrogens with zero attached hydrogens (tertiary/aromatic N) is 3. The Labute approximate surface area is 105 Å². The molecule has 0 bridgehead atoms. The fraction of sp³-hybridized carbons (Fsp3) is 0.231. The van der Waals surface area contributed by atoms with Crippen molar-refractivity contribution in [1.82, 2.24) is 9.97 Å². The van der Waals surface area contributed by atoms with Gasteiger partial charge in [0.1, 0.15) is 17.5 Å². The number of benzene rings is 1. The zero-order chi connectivity index (χ0) is 13.0. The Morgan fingerprint density at radius 1 is 1.33 bits per heavy atom. The lowest BCUT2D eigenvalue weighted by atomic mass is 10.2. The highest BCUT2D eigenvalue weighted by Gasteiger charge is 2.05. The van der Waals surface area contributed by atoms with Crippen LogP contribution in [0.2, 0.25) is 0 Å². The van der Waals surface area contributed by atoms with E-state index in [0.29, 0.717) is 18.9 Å². The molecule has 0 saturated heterocycles. The summed E-state index contributed by atoms with van der Waals surface area (Å²) in [7, 11) is 1.90. The van der Waals surface area contributed by atoms with E-state index in [1.54, 1.807) is 18.3 Å². The van der Waals surface area contributed by atoms with Crippen LogP contribution in [0.15, 0.2) is 36.5 Å². The molecule has 0 radical (unpaired) electrons. The third-order valence-electron chi connectivity index (χ3n) is 2.57. The van der Waals surface area contributed by atoms with Gasteiger partial charge < -0.3 is 10.6 Å². The van der Waals surface area contributed by atoms with Gasteiger partial charge in [0, 0.05) is 19.8 Å². The van der Waals surface area contributed by atoms with Crippen molar-refractivity contribution in [1.29, 1.82) is 0 Å².